The van der Waals surface area contributed by atoms with Crippen LogP contribution in [0.25, 0.3) is 0 Å². The van der Waals surface area contributed by atoms with Crippen LogP contribution in [0.5, 0.6) is 0 Å². The topological polar surface area (TPSA) is 12.0 Å². The lowest BCUT2D eigenvalue weighted by atomic mass is 9.87. The first kappa shape index (κ1) is 8.41. The highest BCUT2D eigenvalue weighted by atomic mass is 32.1. The summed E-state index contributed by atoms with van der Waals surface area (Å²) >= 11 is 4.30. The summed E-state index contributed by atoms with van der Waals surface area (Å²) in [7, 11) is 2.06. The largest absolute Gasteiger partial charge is 0.317 e. The molecule has 1 nitrogen and oxygen atoms in total. The highest BCUT2D eigenvalue weighted by Crippen LogP contribution is 2.24. The van der Waals surface area contributed by atoms with Gasteiger partial charge in [0.25, 0.3) is 0 Å². The average molecular weight is 159 g/mol. The average Bonchev–Trinajstić information content (AvgIpc) is 2.05. The first-order valence-corrected chi connectivity index (χ1v) is 4.78. The molecule has 0 unspecified atom stereocenters. The smallest absolute Gasteiger partial charge is 0.00642 e. The third-order valence-corrected chi connectivity index (χ3v) is 3.03. The quantitative estimate of drug-likeness (QED) is 0.584. The Hall–Kier alpha value is 0.310. The monoisotopic (exact) mass is 159 g/mol. The summed E-state index contributed by atoms with van der Waals surface area (Å²) in [4.78, 5) is 0. The van der Waals surface area contributed by atoms with Crippen molar-refractivity contribution in [1.82, 2.24) is 5.32 Å². The summed E-state index contributed by atoms with van der Waals surface area (Å²) in [6.45, 7) is 0. The third-order valence-electron chi connectivity index (χ3n) is 2.51. The maximum Gasteiger partial charge on any atom is 0.00642 e. The van der Waals surface area contributed by atoms with E-state index in [-0.39, 0.29) is 0 Å². The SMILES string of the molecule is CN[C@H]1CC[C@H](CS)CC1. The molecule has 0 radical (unpaired) electrons. The second-order valence-electron chi connectivity index (χ2n) is 3.19. The summed E-state index contributed by atoms with van der Waals surface area (Å²) in [5.74, 6) is 1.98. The summed E-state index contributed by atoms with van der Waals surface area (Å²) in [5, 5.41) is 3.32. The van der Waals surface area contributed by atoms with Gasteiger partial charge in [0, 0.05) is 6.04 Å². The Balaban J connectivity index is 2.17. The van der Waals surface area contributed by atoms with Gasteiger partial charge < -0.3 is 5.32 Å². The minimum absolute atomic E-state index is 0.788. The van der Waals surface area contributed by atoms with Gasteiger partial charge in [0.05, 0.1) is 0 Å². The molecule has 0 aliphatic heterocycles. The molecule has 0 atom stereocenters. The second-order valence-corrected chi connectivity index (χ2v) is 3.55. The fourth-order valence-electron chi connectivity index (χ4n) is 1.63. The second kappa shape index (κ2) is 4.24. The van der Waals surface area contributed by atoms with Gasteiger partial charge in [0.2, 0.25) is 0 Å². The van der Waals surface area contributed by atoms with Crippen molar-refractivity contribution in [2.45, 2.75) is 31.7 Å². The molecule has 0 amide bonds. The van der Waals surface area contributed by atoms with Gasteiger partial charge in [-0.25, -0.2) is 0 Å². The lowest BCUT2D eigenvalue weighted by Gasteiger charge is -2.26. The summed E-state index contributed by atoms with van der Waals surface area (Å²) in [6.07, 6.45) is 5.44. The van der Waals surface area contributed by atoms with E-state index in [1.54, 1.807) is 0 Å². The Morgan fingerprint density at radius 1 is 1.30 bits per heavy atom. The lowest BCUT2D eigenvalue weighted by Crippen LogP contribution is -2.30. The molecule has 0 aromatic rings. The lowest BCUT2D eigenvalue weighted by molar-refractivity contribution is 0.323. The van der Waals surface area contributed by atoms with Crippen LogP contribution >= 0.6 is 12.6 Å². The van der Waals surface area contributed by atoms with E-state index in [2.05, 4.69) is 25.0 Å². The highest BCUT2D eigenvalue weighted by Gasteiger charge is 2.17. The van der Waals surface area contributed by atoms with E-state index in [0.29, 0.717) is 0 Å². The fourth-order valence-corrected chi connectivity index (χ4v) is 2.00. The minimum Gasteiger partial charge on any atom is -0.317 e. The number of hydrogen-bond donors (Lipinski definition) is 2. The first-order valence-electron chi connectivity index (χ1n) is 4.15. The molecule has 1 N–H and O–H groups in total. The molecule has 60 valence electrons. The van der Waals surface area contributed by atoms with E-state index in [9.17, 15) is 0 Å². The molecule has 1 rings (SSSR count). The molecular weight excluding hydrogens is 142 g/mol. The third kappa shape index (κ3) is 2.17. The molecule has 2 heteroatoms. The van der Waals surface area contributed by atoms with Crippen molar-refractivity contribution in [1.29, 1.82) is 0 Å². The Labute approximate surface area is 69.0 Å². The predicted octanol–water partition coefficient (Wildman–Crippen LogP) is 1.69. The molecule has 1 fully saturated rings. The van der Waals surface area contributed by atoms with Crippen LogP contribution in [0, 0.1) is 5.92 Å². The molecule has 0 saturated heterocycles. The standard InChI is InChI=1S/C8H17NS/c1-9-8-4-2-7(6-10)3-5-8/h7-10H,2-6H2,1H3/t7-,8-. The summed E-state index contributed by atoms with van der Waals surface area (Å²) in [5.41, 5.74) is 0. The summed E-state index contributed by atoms with van der Waals surface area (Å²) < 4.78 is 0. The molecule has 0 bridgehead atoms. The summed E-state index contributed by atoms with van der Waals surface area (Å²) in [6, 6.07) is 0.788. The van der Waals surface area contributed by atoms with E-state index in [0.717, 1.165) is 17.7 Å². The molecule has 1 saturated carbocycles. The maximum absolute atomic E-state index is 4.30. The molecule has 0 heterocycles. The van der Waals surface area contributed by atoms with Gasteiger partial charge in [0.15, 0.2) is 0 Å². The minimum atomic E-state index is 0.788. The zero-order valence-electron chi connectivity index (χ0n) is 6.64. The molecule has 1 aliphatic rings. The van der Waals surface area contributed by atoms with Crippen molar-refractivity contribution < 1.29 is 0 Å². The molecular formula is C8H17NS. The number of rotatable bonds is 2. The zero-order valence-corrected chi connectivity index (χ0v) is 7.53. The van der Waals surface area contributed by atoms with Crippen molar-refractivity contribution in [3.8, 4) is 0 Å². The molecule has 0 aromatic carbocycles. The van der Waals surface area contributed by atoms with Gasteiger partial charge in [0.1, 0.15) is 0 Å². The Kier molecular flexibility index (Phi) is 3.57. The van der Waals surface area contributed by atoms with Crippen molar-refractivity contribution in [3.05, 3.63) is 0 Å². The zero-order chi connectivity index (χ0) is 7.40. The highest BCUT2D eigenvalue weighted by molar-refractivity contribution is 7.80. The van der Waals surface area contributed by atoms with Crippen LogP contribution < -0.4 is 5.32 Å². The number of nitrogens with one attached hydrogen (secondary N) is 1. The van der Waals surface area contributed by atoms with Gasteiger partial charge in [-0.2, -0.15) is 12.6 Å². The van der Waals surface area contributed by atoms with Crippen LogP contribution in [-0.2, 0) is 0 Å². The molecule has 1 aliphatic carbocycles. The Morgan fingerprint density at radius 3 is 2.30 bits per heavy atom. The van der Waals surface area contributed by atoms with E-state index in [1.165, 1.54) is 25.7 Å². The van der Waals surface area contributed by atoms with Crippen LogP contribution in [0.3, 0.4) is 0 Å². The number of hydrogen-bond acceptors (Lipinski definition) is 2. The van der Waals surface area contributed by atoms with Gasteiger partial charge >= 0.3 is 0 Å². The van der Waals surface area contributed by atoms with Crippen LogP contribution in [-0.4, -0.2) is 18.8 Å². The van der Waals surface area contributed by atoms with Crippen molar-refractivity contribution in [3.63, 3.8) is 0 Å². The van der Waals surface area contributed by atoms with Crippen molar-refractivity contribution in [2.75, 3.05) is 12.8 Å². The van der Waals surface area contributed by atoms with Crippen molar-refractivity contribution >= 4 is 12.6 Å². The normalized spacial score (nSPS) is 34.2. The van der Waals surface area contributed by atoms with E-state index < -0.39 is 0 Å². The van der Waals surface area contributed by atoms with E-state index >= 15 is 0 Å². The van der Waals surface area contributed by atoms with Crippen LogP contribution in [0.4, 0.5) is 0 Å². The number of thiol groups is 1. The van der Waals surface area contributed by atoms with Crippen LogP contribution in [0.2, 0.25) is 0 Å². The van der Waals surface area contributed by atoms with Gasteiger partial charge in [-0.1, -0.05) is 0 Å². The van der Waals surface area contributed by atoms with E-state index in [4.69, 9.17) is 0 Å². The molecule has 10 heavy (non-hydrogen) atoms. The van der Waals surface area contributed by atoms with Gasteiger partial charge in [-0.15, -0.1) is 0 Å². The predicted molar refractivity (Wildman–Crippen MR) is 48.7 cm³/mol. The van der Waals surface area contributed by atoms with E-state index in [1.807, 2.05) is 0 Å². The first-order chi connectivity index (χ1) is 4.86. The Morgan fingerprint density at radius 2 is 1.90 bits per heavy atom. The van der Waals surface area contributed by atoms with Gasteiger partial charge in [-0.3, -0.25) is 0 Å². The molecule has 0 spiro atoms. The van der Waals surface area contributed by atoms with Gasteiger partial charge in [-0.05, 0) is 44.4 Å². The Bertz CT molecular complexity index is 75.3. The maximum atomic E-state index is 4.30. The molecule has 0 aromatic heterocycles. The fraction of sp³-hybridized carbons (Fsp3) is 1.00. The van der Waals surface area contributed by atoms with Crippen LogP contribution in [0.15, 0.2) is 0 Å². The van der Waals surface area contributed by atoms with Crippen LogP contribution in [0.1, 0.15) is 25.7 Å². The van der Waals surface area contributed by atoms with Crippen molar-refractivity contribution in [2.24, 2.45) is 5.92 Å².